The predicted octanol–water partition coefficient (Wildman–Crippen LogP) is 6.61. The quantitative estimate of drug-likeness (QED) is 0.267. The number of hydrogen-bond acceptors (Lipinski definition) is 5. The summed E-state index contributed by atoms with van der Waals surface area (Å²) in [5.74, 6) is 0. The van der Waals surface area contributed by atoms with Gasteiger partial charge in [0.1, 0.15) is 16.3 Å². The summed E-state index contributed by atoms with van der Waals surface area (Å²) in [6, 6.07) is 10.3. The Morgan fingerprint density at radius 1 is 1.17 bits per heavy atom. The number of rotatable bonds is 5. The van der Waals surface area contributed by atoms with Crippen molar-refractivity contribution in [1.29, 1.82) is 0 Å². The zero-order chi connectivity index (χ0) is 24.7. The number of hydrogen-bond donors (Lipinski definition) is 1. The molecule has 1 aromatic carbocycles. The van der Waals surface area contributed by atoms with E-state index in [2.05, 4.69) is 66.8 Å². The number of halogens is 1. The molecular formula is C26H26BrN5O2S. The molecule has 0 aliphatic heterocycles. The van der Waals surface area contributed by atoms with Crippen molar-refractivity contribution in [2.24, 2.45) is 7.05 Å². The Kier molecular flexibility index (Phi) is 6.14. The van der Waals surface area contributed by atoms with Crippen LogP contribution in [0.15, 0.2) is 58.8 Å². The molecule has 0 atom stereocenters. The van der Waals surface area contributed by atoms with Crippen LogP contribution in [-0.4, -0.2) is 37.3 Å². The second-order valence-electron chi connectivity index (χ2n) is 9.39. The average Bonchev–Trinajstić information content (AvgIpc) is 3.49. The lowest BCUT2D eigenvalue weighted by Crippen LogP contribution is -2.34. The van der Waals surface area contributed by atoms with Gasteiger partial charge in [0.25, 0.3) is 0 Å². The third kappa shape index (κ3) is 4.83. The molecule has 35 heavy (non-hydrogen) atoms. The maximum absolute atomic E-state index is 12.1. The number of fused-ring (bicyclic) bond motifs is 2. The first-order valence-electron chi connectivity index (χ1n) is 11.3. The molecule has 5 rings (SSSR count). The zero-order valence-corrected chi connectivity index (χ0v) is 22.4. The largest absolute Gasteiger partial charge is 0.444 e. The zero-order valence-electron chi connectivity index (χ0n) is 20.0. The number of pyridine rings is 1. The topological polar surface area (TPSA) is 74.0 Å². The maximum Gasteiger partial charge on any atom is 0.407 e. The van der Waals surface area contributed by atoms with Crippen molar-refractivity contribution in [3.63, 3.8) is 0 Å². The number of nitrogens with zero attached hydrogens (tertiary/aromatic N) is 4. The minimum absolute atomic E-state index is 0.411. The molecule has 0 bridgehead atoms. The Morgan fingerprint density at radius 3 is 2.80 bits per heavy atom. The van der Waals surface area contributed by atoms with E-state index in [9.17, 15) is 4.79 Å². The number of carbonyl (C=O) groups excluding carboxylic acids is 1. The van der Waals surface area contributed by atoms with Crippen LogP contribution in [0.4, 0.5) is 4.79 Å². The van der Waals surface area contributed by atoms with E-state index in [1.165, 1.54) is 0 Å². The van der Waals surface area contributed by atoms with Gasteiger partial charge in [0.15, 0.2) is 0 Å². The molecule has 4 aromatic heterocycles. The van der Waals surface area contributed by atoms with Crippen LogP contribution in [0.5, 0.6) is 0 Å². The summed E-state index contributed by atoms with van der Waals surface area (Å²) >= 11 is 5.24. The molecule has 0 saturated heterocycles. The number of alkyl carbamates (subject to hydrolysis) is 1. The van der Waals surface area contributed by atoms with E-state index in [1.807, 2.05) is 50.7 Å². The van der Waals surface area contributed by atoms with Crippen LogP contribution in [0.25, 0.3) is 43.8 Å². The lowest BCUT2D eigenvalue weighted by Gasteiger charge is -2.19. The van der Waals surface area contributed by atoms with Gasteiger partial charge in [-0.3, -0.25) is 0 Å². The highest BCUT2D eigenvalue weighted by Crippen LogP contribution is 2.37. The average molecular weight is 552 g/mol. The summed E-state index contributed by atoms with van der Waals surface area (Å²) in [6.07, 6.45) is 5.59. The number of amides is 1. The van der Waals surface area contributed by atoms with E-state index < -0.39 is 11.7 Å². The van der Waals surface area contributed by atoms with Gasteiger partial charge in [-0.1, -0.05) is 15.9 Å². The van der Waals surface area contributed by atoms with Crippen LogP contribution < -0.4 is 5.32 Å². The van der Waals surface area contributed by atoms with E-state index in [1.54, 1.807) is 11.3 Å². The molecular weight excluding hydrogens is 526 g/mol. The number of aryl methyl sites for hydroxylation is 1. The van der Waals surface area contributed by atoms with Crippen LogP contribution in [0, 0.1) is 0 Å². The molecule has 0 fully saturated rings. The molecule has 0 saturated carbocycles. The number of benzene rings is 1. The van der Waals surface area contributed by atoms with E-state index >= 15 is 0 Å². The summed E-state index contributed by atoms with van der Waals surface area (Å²) in [6.45, 7) is 6.64. The van der Waals surface area contributed by atoms with Crippen molar-refractivity contribution >= 4 is 55.3 Å². The highest BCUT2D eigenvalue weighted by Gasteiger charge is 2.18. The summed E-state index contributed by atoms with van der Waals surface area (Å²) in [4.78, 5) is 21.6. The predicted molar refractivity (Wildman–Crippen MR) is 145 cm³/mol. The first kappa shape index (κ1) is 23.6. The number of aromatic nitrogens is 4. The first-order chi connectivity index (χ1) is 16.7. The molecule has 5 aromatic rings. The smallest absolute Gasteiger partial charge is 0.407 e. The van der Waals surface area contributed by atoms with Crippen LogP contribution in [-0.2, 0) is 18.3 Å². The van der Waals surface area contributed by atoms with E-state index in [4.69, 9.17) is 9.72 Å². The fourth-order valence-electron chi connectivity index (χ4n) is 4.16. The SMILES string of the molecule is Cn1cc(-c2csc(-c3cn(CCNC(=O)OC(C)(C)C)c4ccc(Br)cc34)n2)c2cccnc21. The summed E-state index contributed by atoms with van der Waals surface area (Å²) in [5, 5.41) is 8.09. The third-order valence-electron chi connectivity index (χ3n) is 5.61. The maximum atomic E-state index is 12.1. The van der Waals surface area contributed by atoms with Crippen molar-refractivity contribution in [2.75, 3.05) is 6.54 Å². The third-order valence-corrected chi connectivity index (χ3v) is 6.98. The van der Waals surface area contributed by atoms with Crippen molar-refractivity contribution in [3.8, 4) is 21.8 Å². The number of carbonyl (C=O) groups is 1. The van der Waals surface area contributed by atoms with Crippen LogP contribution in [0.3, 0.4) is 0 Å². The second-order valence-corrected chi connectivity index (χ2v) is 11.2. The highest BCUT2D eigenvalue weighted by atomic mass is 79.9. The van der Waals surface area contributed by atoms with Gasteiger partial charge in [0.2, 0.25) is 0 Å². The van der Waals surface area contributed by atoms with Crippen molar-refractivity contribution in [2.45, 2.75) is 32.9 Å². The molecule has 7 nitrogen and oxygen atoms in total. The summed E-state index contributed by atoms with van der Waals surface area (Å²) in [5.41, 5.74) is 4.58. The van der Waals surface area contributed by atoms with Gasteiger partial charge in [-0.25, -0.2) is 14.8 Å². The molecule has 1 N–H and O–H groups in total. The molecule has 4 heterocycles. The van der Waals surface area contributed by atoms with Gasteiger partial charge >= 0.3 is 6.09 Å². The Hall–Kier alpha value is -3.17. The first-order valence-corrected chi connectivity index (χ1v) is 13.0. The molecule has 0 spiro atoms. The number of ether oxygens (including phenoxy) is 1. The Labute approximate surface area is 215 Å². The van der Waals surface area contributed by atoms with Crippen molar-refractivity contribution < 1.29 is 9.53 Å². The number of nitrogens with one attached hydrogen (secondary N) is 1. The molecule has 1 amide bonds. The normalized spacial score (nSPS) is 11.9. The van der Waals surface area contributed by atoms with E-state index in [0.717, 1.165) is 48.2 Å². The fraction of sp³-hybridized carbons (Fsp3) is 0.269. The lowest BCUT2D eigenvalue weighted by molar-refractivity contribution is 0.0526. The van der Waals surface area contributed by atoms with Gasteiger partial charge in [0.05, 0.1) is 5.69 Å². The molecule has 0 aliphatic rings. The molecule has 0 unspecified atom stereocenters. The Morgan fingerprint density at radius 2 is 2.00 bits per heavy atom. The monoisotopic (exact) mass is 551 g/mol. The molecule has 180 valence electrons. The highest BCUT2D eigenvalue weighted by molar-refractivity contribution is 9.10. The van der Waals surface area contributed by atoms with Crippen molar-refractivity contribution in [1.82, 2.24) is 24.4 Å². The molecule has 9 heteroatoms. The van der Waals surface area contributed by atoms with Gasteiger partial charge < -0.3 is 19.2 Å². The minimum atomic E-state index is -0.521. The Bertz CT molecular complexity index is 1540. The van der Waals surface area contributed by atoms with E-state index in [0.29, 0.717) is 13.1 Å². The number of thiazole rings is 1. The second kappa shape index (κ2) is 9.13. The summed E-state index contributed by atoms with van der Waals surface area (Å²) in [7, 11) is 2.00. The minimum Gasteiger partial charge on any atom is -0.444 e. The Balaban J connectivity index is 1.46. The molecule has 0 aliphatic carbocycles. The van der Waals surface area contributed by atoms with Crippen LogP contribution >= 0.6 is 27.3 Å². The lowest BCUT2D eigenvalue weighted by atomic mass is 10.1. The van der Waals surface area contributed by atoms with Crippen LogP contribution in [0.1, 0.15) is 20.8 Å². The van der Waals surface area contributed by atoms with Gasteiger partial charge in [-0.05, 0) is 51.1 Å². The van der Waals surface area contributed by atoms with Gasteiger partial charge in [0, 0.05) is 76.0 Å². The molecule has 0 radical (unpaired) electrons. The van der Waals surface area contributed by atoms with Gasteiger partial charge in [-0.15, -0.1) is 11.3 Å². The van der Waals surface area contributed by atoms with Crippen molar-refractivity contribution in [3.05, 3.63) is 58.8 Å². The van der Waals surface area contributed by atoms with Gasteiger partial charge in [-0.2, -0.15) is 0 Å². The fourth-order valence-corrected chi connectivity index (χ4v) is 5.36. The standard InChI is InChI=1S/C26H26BrN5O2S/c1-26(2,3)34-25(33)29-10-11-32-14-20(18-12-16(27)7-8-22(18)32)24-30-21(15-35-24)19-13-31(4)23-17(19)6-5-9-28-23/h5-9,12-15H,10-11H2,1-4H3,(H,29,33). The summed E-state index contributed by atoms with van der Waals surface area (Å²) < 4.78 is 10.5. The van der Waals surface area contributed by atoms with Crippen LogP contribution in [0.2, 0.25) is 0 Å². The van der Waals surface area contributed by atoms with E-state index in [-0.39, 0.29) is 0 Å².